The van der Waals surface area contributed by atoms with Crippen LogP contribution in [0.15, 0.2) is 33.2 Å². The zero-order valence-corrected chi connectivity index (χ0v) is 22.8. The lowest BCUT2D eigenvalue weighted by atomic mass is 9.52. The summed E-state index contributed by atoms with van der Waals surface area (Å²) in [4.78, 5) is 47.0. The number of amides is 2. The Morgan fingerprint density at radius 1 is 1.10 bits per heavy atom. The number of carbonyl (C=O) groups is 3. The van der Waals surface area contributed by atoms with E-state index in [1.807, 2.05) is 19.1 Å². The summed E-state index contributed by atoms with van der Waals surface area (Å²) < 4.78 is 11.9. The van der Waals surface area contributed by atoms with Crippen molar-refractivity contribution in [2.45, 2.75) is 65.0 Å². The standard InChI is InChI=1S/C27H28N6O6S/c1-14(26-5-8-27(9-6-26,10-7-26)23(36)37)29-22(35)19-12-18(31-24-32-39-25(40)33(19)24)21(34)28-13-16-3-4-20-17(11-16)30-15(2)38-20/h3-4,11-12,14H,5-10,13H2,1-2H3,(H,28,34)(H,29,35)(H,36,37). The van der Waals surface area contributed by atoms with Crippen molar-refractivity contribution in [3.05, 3.63) is 51.9 Å². The van der Waals surface area contributed by atoms with Gasteiger partial charge in [0.1, 0.15) is 16.9 Å². The van der Waals surface area contributed by atoms with Crippen LogP contribution in [0.2, 0.25) is 0 Å². The van der Waals surface area contributed by atoms with Gasteiger partial charge in [-0.2, -0.15) is 0 Å². The summed E-state index contributed by atoms with van der Waals surface area (Å²) in [7, 11) is 0. The van der Waals surface area contributed by atoms with Gasteiger partial charge in [0.25, 0.3) is 17.6 Å². The van der Waals surface area contributed by atoms with Crippen molar-refractivity contribution >= 4 is 46.9 Å². The van der Waals surface area contributed by atoms with Crippen molar-refractivity contribution < 1.29 is 28.4 Å². The molecule has 0 spiro atoms. The quantitative estimate of drug-likeness (QED) is 0.280. The number of carboxylic acid groups (broad SMARTS) is 1. The third kappa shape index (κ3) is 4.34. The minimum absolute atomic E-state index is 0.00492. The smallest absolute Gasteiger partial charge is 0.309 e. The first-order valence-corrected chi connectivity index (χ1v) is 13.6. The molecule has 40 heavy (non-hydrogen) atoms. The number of aliphatic carboxylic acids is 1. The summed E-state index contributed by atoms with van der Waals surface area (Å²) in [5.74, 6) is -1.12. The molecule has 2 amide bonds. The van der Waals surface area contributed by atoms with Crippen molar-refractivity contribution in [3.8, 4) is 0 Å². The number of oxazole rings is 1. The van der Waals surface area contributed by atoms with Gasteiger partial charge in [0.2, 0.25) is 0 Å². The Hall–Kier alpha value is -4.13. The highest BCUT2D eigenvalue weighted by Crippen LogP contribution is 2.58. The second-order valence-corrected chi connectivity index (χ2v) is 11.3. The molecule has 3 saturated carbocycles. The minimum Gasteiger partial charge on any atom is -0.481 e. The third-order valence-corrected chi connectivity index (χ3v) is 9.08. The number of carbonyl (C=O) groups excluding carboxylic acids is 2. The number of carboxylic acids is 1. The average molecular weight is 565 g/mol. The van der Waals surface area contributed by atoms with Crippen LogP contribution in [0, 0.1) is 22.6 Å². The molecule has 0 aliphatic heterocycles. The van der Waals surface area contributed by atoms with Gasteiger partial charge < -0.3 is 24.7 Å². The first kappa shape index (κ1) is 26.1. The van der Waals surface area contributed by atoms with Crippen LogP contribution in [0.1, 0.15) is 77.9 Å². The van der Waals surface area contributed by atoms with E-state index in [-0.39, 0.29) is 40.0 Å². The van der Waals surface area contributed by atoms with Crippen molar-refractivity contribution in [1.29, 1.82) is 0 Å². The van der Waals surface area contributed by atoms with Crippen molar-refractivity contribution in [2.75, 3.05) is 0 Å². The van der Waals surface area contributed by atoms with E-state index in [1.165, 1.54) is 10.5 Å². The van der Waals surface area contributed by atoms with Crippen LogP contribution in [-0.2, 0) is 11.3 Å². The topological polar surface area (TPSA) is 165 Å². The van der Waals surface area contributed by atoms with Gasteiger partial charge in [-0.3, -0.25) is 14.4 Å². The molecule has 1 unspecified atom stereocenters. The van der Waals surface area contributed by atoms with Crippen LogP contribution in [-0.4, -0.2) is 48.5 Å². The molecule has 3 aliphatic rings. The highest BCUT2D eigenvalue weighted by Gasteiger charge is 2.54. The van der Waals surface area contributed by atoms with E-state index < -0.39 is 23.2 Å². The largest absolute Gasteiger partial charge is 0.481 e. The van der Waals surface area contributed by atoms with Gasteiger partial charge in [0.15, 0.2) is 11.5 Å². The second-order valence-electron chi connectivity index (χ2n) is 11.0. The molecule has 7 rings (SSSR count). The maximum Gasteiger partial charge on any atom is 0.309 e. The second kappa shape index (κ2) is 9.51. The molecule has 0 radical (unpaired) electrons. The van der Waals surface area contributed by atoms with Crippen LogP contribution in [0.3, 0.4) is 0 Å². The Morgan fingerprint density at radius 2 is 1.82 bits per heavy atom. The van der Waals surface area contributed by atoms with Crippen molar-refractivity contribution in [2.24, 2.45) is 10.8 Å². The normalized spacial score (nSPS) is 22.9. The number of benzene rings is 1. The molecular weight excluding hydrogens is 536 g/mol. The van der Waals surface area contributed by atoms with Crippen LogP contribution in [0.4, 0.5) is 0 Å². The van der Waals surface area contributed by atoms with E-state index in [1.54, 1.807) is 13.0 Å². The van der Waals surface area contributed by atoms with Gasteiger partial charge in [0.05, 0.1) is 5.41 Å². The summed E-state index contributed by atoms with van der Waals surface area (Å²) in [5.41, 5.74) is 1.41. The molecule has 3 aromatic heterocycles. The maximum atomic E-state index is 13.6. The van der Waals surface area contributed by atoms with E-state index in [9.17, 15) is 19.5 Å². The molecule has 4 aromatic rings. The lowest BCUT2D eigenvalue weighted by Crippen LogP contribution is -2.54. The highest BCUT2D eigenvalue weighted by atomic mass is 32.1. The summed E-state index contributed by atoms with van der Waals surface area (Å²) in [6, 6.07) is 6.60. The van der Waals surface area contributed by atoms with Crippen molar-refractivity contribution in [3.63, 3.8) is 0 Å². The van der Waals surface area contributed by atoms with Crippen LogP contribution in [0.25, 0.3) is 16.9 Å². The molecule has 1 aromatic carbocycles. The molecule has 1 atom stereocenters. The van der Waals surface area contributed by atoms with E-state index in [0.29, 0.717) is 36.3 Å². The Morgan fingerprint density at radius 3 is 2.52 bits per heavy atom. The monoisotopic (exact) mass is 564 g/mol. The SMILES string of the molecule is Cc1nc2cc(CNC(=O)c3cc(C(=O)NC(C)C45CCC(C(=O)O)(CC4)CC5)n4c(=S)onc4n3)ccc2o1. The number of hydrogen-bond donors (Lipinski definition) is 3. The van der Waals surface area contributed by atoms with Crippen LogP contribution in [0.5, 0.6) is 0 Å². The van der Waals surface area contributed by atoms with E-state index >= 15 is 0 Å². The van der Waals surface area contributed by atoms with Gasteiger partial charge in [-0.15, -0.1) is 0 Å². The van der Waals surface area contributed by atoms with Gasteiger partial charge in [-0.1, -0.05) is 6.07 Å². The maximum absolute atomic E-state index is 13.6. The number of hydrogen-bond acceptors (Lipinski definition) is 9. The fraction of sp³-hybridized carbons (Fsp3) is 0.444. The average Bonchev–Trinajstić information content (AvgIpc) is 3.52. The van der Waals surface area contributed by atoms with Gasteiger partial charge in [0, 0.05) is 19.5 Å². The van der Waals surface area contributed by atoms with Crippen LogP contribution < -0.4 is 10.6 Å². The third-order valence-electron chi connectivity index (χ3n) is 8.82. The lowest BCUT2D eigenvalue weighted by Gasteiger charge is -2.54. The predicted molar refractivity (Wildman–Crippen MR) is 143 cm³/mol. The van der Waals surface area contributed by atoms with Gasteiger partial charge in [-0.05, 0) is 92.0 Å². The fourth-order valence-corrected chi connectivity index (χ4v) is 6.43. The number of fused-ring (bicyclic) bond motifs is 5. The van der Waals surface area contributed by atoms with Gasteiger partial charge in [-0.25, -0.2) is 14.4 Å². The summed E-state index contributed by atoms with van der Waals surface area (Å²) >= 11 is 5.23. The molecular formula is C27H28N6O6S. The van der Waals surface area contributed by atoms with Crippen molar-refractivity contribution in [1.82, 2.24) is 30.2 Å². The summed E-state index contributed by atoms with van der Waals surface area (Å²) in [6.45, 7) is 3.92. The molecule has 3 heterocycles. The summed E-state index contributed by atoms with van der Waals surface area (Å²) in [6.07, 6.45) is 4.00. The first-order valence-electron chi connectivity index (χ1n) is 13.2. The first-order chi connectivity index (χ1) is 19.1. The lowest BCUT2D eigenvalue weighted by molar-refractivity contribution is -0.159. The molecule has 12 nitrogen and oxygen atoms in total. The highest BCUT2D eigenvalue weighted by molar-refractivity contribution is 7.71. The number of aromatic nitrogens is 4. The van der Waals surface area contributed by atoms with E-state index in [4.69, 9.17) is 21.2 Å². The summed E-state index contributed by atoms with van der Waals surface area (Å²) in [5, 5.41) is 19.4. The Balaban J connectivity index is 1.21. The van der Waals surface area contributed by atoms with E-state index in [0.717, 1.165) is 24.8 Å². The molecule has 208 valence electrons. The Kier molecular flexibility index (Phi) is 6.21. The van der Waals surface area contributed by atoms with Crippen LogP contribution >= 0.6 is 12.2 Å². The molecule has 3 fully saturated rings. The van der Waals surface area contributed by atoms with Gasteiger partial charge >= 0.3 is 10.8 Å². The molecule has 2 bridgehead atoms. The predicted octanol–water partition coefficient (Wildman–Crippen LogP) is 3.97. The Bertz CT molecular complexity index is 1710. The van der Waals surface area contributed by atoms with E-state index in [2.05, 4.69) is 25.8 Å². The minimum atomic E-state index is -0.724. The number of aryl methyl sites for hydroxylation is 1. The molecule has 0 saturated heterocycles. The zero-order valence-electron chi connectivity index (χ0n) is 22.0. The fourth-order valence-electron chi connectivity index (χ4n) is 6.22. The molecule has 3 N–H and O–H groups in total. The molecule has 3 aliphatic carbocycles. The zero-order chi connectivity index (χ0) is 28.2. The number of nitrogens with zero attached hydrogens (tertiary/aromatic N) is 4. The number of rotatable bonds is 7. The Labute approximate surface area is 233 Å². The number of nitrogens with one attached hydrogen (secondary N) is 2. The molecule has 13 heteroatoms.